The number of halogens is 2. The lowest BCUT2D eigenvalue weighted by Gasteiger charge is -2.25. The van der Waals surface area contributed by atoms with Gasteiger partial charge in [0.15, 0.2) is 5.43 Å². The van der Waals surface area contributed by atoms with Crippen LogP contribution < -0.4 is 10.3 Å². The third-order valence-corrected chi connectivity index (χ3v) is 5.33. The summed E-state index contributed by atoms with van der Waals surface area (Å²) >= 11 is 0. The van der Waals surface area contributed by atoms with Gasteiger partial charge in [-0.15, -0.1) is 0 Å². The van der Waals surface area contributed by atoms with Crippen LogP contribution in [0.15, 0.2) is 75.9 Å². The van der Waals surface area contributed by atoms with E-state index in [0.29, 0.717) is 11.1 Å². The Hall–Kier alpha value is -3.80. The second kappa shape index (κ2) is 6.62. The zero-order chi connectivity index (χ0) is 21.0. The highest BCUT2D eigenvalue weighted by Gasteiger charge is 2.44. The first kappa shape index (κ1) is 18.2. The van der Waals surface area contributed by atoms with Crippen LogP contribution in [-0.4, -0.2) is 5.91 Å². The van der Waals surface area contributed by atoms with Crippen LogP contribution in [0.2, 0.25) is 0 Å². The van der Waals surface area contributed by atoms with Crippen molar-refractivity contribution in [3.8, 4) is 0 Å². The number of carbonyl (C=O) groups excluding carboxylic acids is 1. The standard InChI is InChI=1S/C24H15F2NO3/c1-13-6-11-19-17(12-13)22(28)20-21(16-4-2-3-5-18(16)26)27(24(29)23(20)30-19)15-9-7-14(25)8-10-15/h2-12,21H,1H3. The topological polar surface area (TPSA) is 50.5 Å². The zero-order valence-electron chi connectivity index (χ0n) is 15.9. The van der Waals surface area contributed by atoms with Gasteiger partial charge >= 0.3 is 0 Å². The summed E-state index contributed by atoms with van der Waals surface area (Å²) < 4.78 is 34.1. The van der Waals surface area contributed by atoms with Crippen molar-refractivity contribution in [2.75, 3.05) is 4.90 Å². The van der Waals surface area contributed by atoms with Crippen LogP contribution in [0.25, 0.3) is 11.0 Å². The minimum absolute atomic E-state index is 0.0764. The summed E-state index contributed by atoms with van der Waals surface area (Å²) in [5.74, 6) is -1.74. The summed E-state index contributed by atoms with van der Waals surface area (Å²) in [5.41, 5.74) is 1.32. The van der Waals surface area contributed by atoms with Crippen molar-refractivity contribution in [1.82, 2.24) is 0 Å². The average Bonchev–Trinajstić information content (AvgIpc) is 3.02. The number of rotatable bonds is 2. The Balaban J connectivity index is 1.84. The molecule has 0 saturated heterocycles. The molecule has 4 aromatic rings. The number of anilines is 1. The molecule has 4 nitrogen and oxygen atoms in total. The molecule has 5 rings (SSSR count). The SMILES string of the molecule is Cc1ccc2oc3c(c(=O)c2c1)C(c1ccccc1F)N(c1ccc(F)cc1)C3=O. The van der Waals surface area contributed by atoms with Gasteiger partial charge in [0, 0.05) is 11.3 Å². The van der Waals surface area contributed by atoms with E-state index in [1.165, 1.54) is 47.4 Å². The lowest BCUT2D eigenvalue weighted by Crippen LogP contribution is -2.30. The highest BCUT2D eigenvalue weighted by atomic mass is 19.1. The van der Waals surface area contributed by atoms with Crippen molar-refractivity contribution in [2.24, 2.45) is 0 Å². The van der Waals surface area contributed by atoms with Gasteiger partial charge in [-0.1, -0.05) is 29.8 Å². The summed E-state index contributed by atoms with van der Waals surface area (Å²) in [6, 6.07) is 15.3. The van der Waals surface area contributed by atoms with E-state index in [1.54, 1.807) is 24.3 Å². The summed E-state index contributed by atoms with van der Waals surface area (Å²) in [7, 11) is 0. The second-order valence-electron chi connectivity index (χ2n) is 7.25. The third kappa shape index (κ3) is 2.64. The quantitative estimate of drug-likeness (QED) is 0.466. The van der Waals surface area contributed by atoms with Crippen molar-refractivity contribution in [3.05, 3.63) is 111 Å². The first-order valence-corrected chi connectivity index (χ1v) is 9.36. The van der Waals surface area contributed by atoms with E-state index >= 15 is 0 Å². The Kier molecular flexibility index (Phi) is 4.03. The van der Waals surface area contributed by atoms with E-state index in [0.717, 1.165) is 5.56 Å². The molecule has 0 saturated carbocycles. The molecule has 1 aliphatic rings. The molecule has 0 bridgehead atoms. The molecule has 148 valence electrons. The van der Waals surface area contributed by atoms with Crippen LogP contribution in [0.4, 0.5) is 14.5 Å². The van der Waals surface area contributed by atoms with E-state index in [9.17, 15) is 18.4 Å². The number of carbonyl (C=O) groups is 1. The van der Waals surface area contributed by atoms with Crippen molar-refractivity contribution >= 4 is 22.6 Å². The fourth-order valence-corrected chi connectivity index (χ4v) is 3.95. The molecule has 0 fully saturated rings. The Morgan fingerprint density at radius 3 is 2.40 bits per heavy atom. The Morgan fingerprint density at radius 1 is 0.933 bits per heavy atom. The van der Waals surface area contributed by atoms with Gasteiger partial charge in [-0.25, -0.2) is 8.78 Å². The molecule has 0 aliphatic carbocycles. The maximum absolute atomic E-state index is 14.8. The average molecular weight is 403 g/mol. The van der Waals surface area contributed by atoms with Crippen LogP contribution in [0.5, 0.6) is 0 Å². The highest BCUT2D eigenvalue weighted by molar-refractivity contribution is 6.10. The fourth-order valence-electron chi connectivity index (χ4n) is 3.95. The number of hydrogen-bond donors (Lipinski definition) is 0. The number of fused-ring (bicyclic) bond motifs is 2. The smallest absolute Gasteiger partial charge is 0.295 e. The van der Waals surface area contributed by atoms with Gasteiger partial charge in [0.2, 0.25) is 5.76 Å². The molecular formula is C24H15F2NO3. The number of aryl methyl sites for hydroxylation is 1. The predicted octanol–water partition coefficient (Wildman–Crippen LogP) is 5.13. The zero-order valence-corrected chi connectivity index (χ0v) is 15.9. The largest absolute Gasteiger partial charge is 0.450 e. The molecule has 1 aromatic heterocycles. The second-order valence-corrected chi connectivity index (χ2v) is 7.25. The van der Waals surface area contributed by atoms with E-state index in [2.05, 4.69) is 0 Å². The normalized spacial score (nSPS) is 15.6. The molecule has 1 aliphatic heterocycles. The monoisotopic (exact) mass is 403 g/mol. The Bertz CT molecular complexity index is 1380. The molecule has 1 unspecified atom stereocenters. The summed E-state index contributed by atoms with van der Waals surface area (Å²) in [6.45, 7) is 1.84. The number of amides is 1. The Labute approximate surface area is 170 Å². The molecule has 0 radical (unpaired) electrons. The Morgan fingerprint density at radius 2 is 1.67 bits per heavy atom. The van der Waals surface area contributed by atoms with Crippen LogP contribution in [-0.2, 0) is 0 Å². The van der Waals surface area contributed by atoms with E-state index in [4.69, 9.17) is 4.42 Å². The molecular weight excluding hydrogens is 388 g/mol. The molecule has 1 amide bonds. The van der Waals surface area contributed by atoms with Gasteiger partial charge in [-0.3, -0.25) is 14.5 Å². The fraction of sp³-hybridized carbons (Fsp3) is 0.0833. The number of nitrogens with zero attached hydrogens (tertiary/aromatic N) is 1. The van der Waals surface area contributed by atoms with Gasteiger partial charge in [-0.2, -0.15) is 0 Å². The van der Waals surface area contributed by atoms with Crippen molar-refractivity contribution in [1.29, 1.82) is 0 Å². The number of hydrogen-bond acceptors (Lipinski definition) is 3. The van der Waals surface area contributed by atoms with Crippen LogP contribution in [0.3, 0.4) is 0 Å². The first-order valence-electron chi connectivity index (χ1n) is 9.36. The molecule has 30 heavy (non-hydrogen) atoms. The lowest BCUT2D eigenvalue weighted by atomic mass is 9.97. The van der Waals surface area contributed by atoms with Crippen molar-refractivity contribution < 1.29 is 18.0 Å². The minimum Gasteiger partial charge on any atom is -0.450 e. The lowest BCUT2D eigenvalue weighted by molar-refractivity contribution is 0.0970. The van der Waals surface area contributed by atoms with Crippen LogP contribution >= 0.6 is 0 Å². The van der Waals surface area contributed by atoms with Crippen LogP contribution in [0, 0.1) is 18.6 Å². The van der Waals surface area contributed by atoms with Gasteiger partial charge in [0.25, 0.3) is 5.91 Å². The molecule has 3 aromatic carbocycles. The van der Waals surface area contributed by atoms with E-state index < -0.39 is 23.6 Å². The maximum atomic E-state index is 14.8. The van der Waals surface area contributed by atoms with Crippen molar-refractivity contribution in [3.63, 3.8) is 0 Å². The van der Waals surface area contributed by atoms with Gasteiger partial charge < -0.3 is 4.42 Å². The van der Waals surface area contributed by atoms with Gasteiger partial charge in [-0.05, 0) is 49.4 Å². The van der Waals surface area contributed by atoms with E-state index in [1.807, 2.05) is 6.92 Å². The summed E-state index contributed by atoms with van der Waals surface area (Å²) in [5, 5.41) is 0.323. The minimum atomic E-state index is -1.03. The van der Waals surface area contributed by atoms with Crippen molar-refractivity contribution in [2.45, 2.75) is 13.0 Å². The van der Waals surface area contributed by atoms with Crippen LogP contribution in [0.1, 0.15) is 33.3 Å². The molecule has 2 heterocycles. The highest BCUT2D eigenvalue weighted by Crippen LogP contribution is 2.41. The molecule has 1 atom stereocenters. The third-order valence-electron chi connectivity index (χ3n) is 5.33. The molecule has 6 heteroatoms. The summed E-state index contributed by atoms with van der Waals surface area (Å²) in [4.78, 5) is 28.0. The molecule has 0 spiro atoms. The first-order chi connectivity index (χ1) is 14.5. The van der Waals surface area contributed by atoms with E-state index in [-0.39, 0.29) is 27.9 Å². The maximum Gasteiger partial charge on any atom is 0.295 e. The molecule has 0 N–H and O–H groups in total. The number of benzene rings is 3. The predicted molar refractivity (Wildman–Crippen MR) is 109 cm³/mol. The van der Waals surface area contributed by atoms with Gasteiger partial charge in [0.05, 0.1) is 17.0 Å². The summed E-state index contributed by atoms with van der Waals surface area (Å²) in [6.07, 6.45) is 0. The van der Waals surface area contributed by atoms with Gasteiger partial charge in [0.1, 0.15) is 17.2 Å².